The molecule has 1 aromatic heterocycles. The summed E-state index contributed by atoms with van der Waals surface area (Å²) in [6, 6.07) is 14.4. The van der Waals surface area contributed by atoms with E-state index in [1.807, 2.05) is 27.0 Å². The molecule has 0 spiro atoms. The minimum atomic E-state index is -5.08. The van der Waals surface area contributed by atoms with E-state index in [-0.39, 0.29) is 11.9 Å². The highest BCUT2D eigenvalue weighted by Crippen LogP contribution is 2.33. The number of amidine groups is 1. The number of anilines is 1. The average Bonchev–Trinajstić information content (AvgIpc) is 2.99. The molecule has 0 aliphatic rings. The number of carboxylic acids is 1. The van der Waals surface area contributed by atoms with Gasteiger partial charge in [0, 0.05) is 17.4 Å². The van der Waals surface area contributed by atoms with E-state index in [9.17, 15) is 22.8 Å². The topological polar surface area (TPSA) is 189 Å². The number of hydrogen-bond donors (Lipinski definition) is 6. The molecule has 2 amide bonds. The number of nitrogens with one attached hydrogen (secondary N) is 4. The SMILES string of the molecule is CCOc1cc(C(Nc2ccc(C(=N)N)cc2)C(=O)NNC(=O)c2cccnc2SC)ccc1OC(C)C.O=C(O)C(F)(F)F. The van der Waals surface area contributed by atoms with Gasteiger partial charge in [0.1, 0.15) is 16.9 Å². The van der Waals surface area contributed by atoms with Crippen molar-refractivity contribution >= 4 is 41.1 Å². The Balaban J connectivity index is 0.000000900. The highest BCUT2D eigenvalue weighted by Gasteiger charge is 2.38. The second-order valence-corrected chi connectivity index (χ2v) is 9.98. The fourth-order valence-electron chi connectivity index (χ4n) is 3.52. The molecule has 1 heterocycles. The summed E-state index contributed by atoms with van der Waals surface area (Å²) in [5.41, 5.74) is 12.6. The number of alkyl halides is 3. The maximum absolute atomic E-state index is 13.4. The van der Waals surface area contributed by atoms with Gasteiger partial charge in [-0.1, -0.05) is 6.07 Å². The molecule has 0 fully saturated rings. The van der Waals surface area contributed by atoms with Gasteiger partial charge in [0.2, 0.25) is 0 Å². The zero-order valence-corrected chi connectivity index (χ0v) is 25.5. The van der Waals surface area contributed by atoms with E-state index < -0.39 is 30.0 Å². The summed E-state index contributed by atoms with van der Waals surface area (Å²) in [4.78, 5) is 39.3. The van der Waals surface area contributed by atoms with Gasteiger partial charge in [0.05, 0.1) is 18.3 Å². The molecular weight excluding hydrogens is 617 g/mol. The minimum Gasteiger partial charge on any atom is -0.490 e. The number of hydrogen-bond acceptors (Lipinski definition) is 9. The summed E-state index contributed by atoms with van der Waals surface area (Å²) in [5, 5.41) is 18.5. The molecular formula is C29H33F3N6O6S. The number of carbonyl (C=O) groups excluding carboxylic acids is 2. The number of halogens is 3. The number of aliphatic carboxylic acids is 1. The van der Waals surface area contributed by atoms with Crippen LogP contribution < -0.4 is 31.4 Å². The molecule has 0 radical (unpaired) electrons. The Morgan fingerprint density at radius 3 is 2.24 bits per heavy atom. The second-order valence-electron chi connectivity index (χ2n) is 9.18. The fourth-order valence-corrected chi connectivity index (χ4v) is 4.07. The maximum Gasteiger partial charge on any atom is 0.490 e. The molecule has 0 saturated heterocycles. The Morgan fingerprint density at radius 1 is 1.07 bits per heavy atom. The first-order valence-corrected chi connectivity index (χ1v) is 14.4. The summed E-state index contributed by atoms with van der Waals surface area (Å²) in [5.74, 6) is -2.76. The lowest BCUT2D eigenvalue weighted by Gasteiger charge is -2.22. The number of aromatic nitrogens is 1. The number of pyridine rings is 1. The minimum absolute atomic E-state index is 0.0596. The normalized spacial score (nSPS) is 11.4. The molecule has 0 saturated carbocycles. The number of amides is 2. The largest absolute Gasteiger partial charge is 0.490 e. The zero-order valence-electron chi connectivity index (χ0n) is 24.7. The van der Waals surface area contributed by atoms with Crippen LogP contribution in [0.3, 0.4) is 0 Å². The molecule has 3 aromatic rings. The van der Waals surface area contributed by atoms with Gasteiger partial charge in [-0.15, -0.1) is 11.8 Å². The maximum atomic E-state index is 13.4. The first-order valence-electron chi connectivity index (χ1n) is 13.2. The number of nitrogens with zero attached hydrogens (tertiary/aromatic N) is 1. The van der Waals surface area contributed by atoms with E-state index in [1.165, 1.54) is 11.8 Å². The van der Waals surface area contributed by atoms with E-state index in [2.05, 4.69) is 21.2 Å². The number of benzene rings is 2. The van der Waals surface area contributed by atoms with Crippen molar-refractivity contribution in [3.63, 3.8) is 0 Å². The third kappa shape index (κ3) is 11.2. The highest BCUT2D eigenvalue weighted by molar-refractivity contribution is 7.98. The van der Waals surface area contributed by atoms with Crippen molar-refractivity contribution in [2.24, 2.45) is 5.73 Å². The molecule has 12 nitrogen and oxygen atoms in total. The van der Waals surface area contributed by atoms with Crippen LogP contribution in [0.4, 0.5) is 18.9 Å². The summed E-state index contributed by atoms with van der Waals surface area (Å²) < 4.78 is 43.4. The van der Waals surface area contributed by atoms with Crippen LogP contribution in [-0.4, -0.2) is 58.9 Å². The molecule has 242 valence electrons. The number of thioether (sulfide) groups is 1. The van der Waals surface area contributed by atoms with Gasteiger partial charge in [-0.3, -0.25) is 25.8 Å². The smallest absolute Gasteiger partial charge is 0.490 e. The van der Waals surface area contributed by atoms with E-state index in [1.54, 1.807) is 60.8 Å². The van der Waals surface area contributed by atoms with Crippen molar-refractivity contribution in [2.45, 2.75) is 44.1 Å². The third-order valence-electron chi connectivity index (χ3n) is 5.48. The molecule has 7 N–H and O–H groups in total. The molecule has 0 bridgehead atoms. The van der Waals surface area contributed by atoms with Crippen molar-refractivity contribution in [1.82, 2.24) is 15.8 Å². The lowest BCUT2D eigenvalue weighted by atomic mass is 10.0. The van der Waals surface area contributed by atoms with Gasteiger partial charge in [-0.2, -0.15) is 13.2 Å². The van der Waals surface area contributed by atoms with Crippen LogP contribution in [0.15, 0.2) is 65.8 Å². The van der Waals surface area contributed by atoms with Gasteiger partial charge in [0.25, 0.3) is 11.8 Å². The van der Waals surface area contributed by atoms with Crippen molar-refractivity contribution < 1.29 is 42.1 Å². The molecule has 0 aliphatic carbocycles. The molecule has 16 heteroatoms. The predicted molar refractivity (Wildman–Crippen MR) is 163 cm³/mol. The first-order chi connectivity index (χ1) is 21.2. The van der Waals surface area contributed by atoms with Crippen molar-refractivity contribution in [1.29, 1.82) is 5.41 Å². The van der Waals surface area contributed by atoms with Gasteiger partial charge >= 0.3 is 12.1 Å². The predicted octanol–water partition coefficient (Wildman–Crippen LogP) is 4.52. The standard InChI is InChI=1S/C27H32N6O4S.C2HF3O2/c1-5-36-22-15-18(10-13-21(22)37-16(2)3)23(31-19-11-8-17(9-12-19)24(28)29)26(35)33-32-25(34)20-7-6-14-30-27(20)38-4;3-2(4,5)1(6)7/h6-16,23,31H,5H2,1-4H3,(H3,28,29)(H,32,34)(H,33,35);(H,6,7). The van der Waals surface area contributed by atoms with Crippen molar-refractivity contribution in [2.75, 3.05) is 18.2 Å². The van der Waals surface area contributed by atoms with Crippen LogP contribution >= 0.6 is 11.8 Å². The number of hydrazine groups is 1. The number of nitrogens with two attached hydrogens (primary N) is 1. The molecule has 1 unspecified atom stereocenters. The van der Waals surface area contributed by atoms with E-state index >= 15 is 0 Å². The molecule has 1 atom stereocenters. The first kappa shape index (κ1) is 36.2. The van der Waals surface area contributed by atoms with Crippen LogP contribution in [0, 0.1) is 5.41 Å². The summed E-state index contributed by atoms with van der Waals surface area (Å²) in [7, 11) is 0. The molecule has 45 heavy (non-hydrogen) atoms. The van der Waals surface area contributed by atoms with Gasteiger partial charge in [-0.25, -0.2) is 9.78 Å². The van der Waals surface area contributed by atoms with Gasteiger partial charge in [0.15, 0.2) is 11.5 Å². The van der Waals surface area contributed by atoms with E-state index in [0.29, 0.717) is 45.5 Å². The number of rotatable bonds is 11. The Morgan fingerprint density at radius 2 is 1.71 bits per heavy atom. The van der Waals surface area contributed by atoms with Crippen LogP contribution in [0.5, 0.6) is 11.5 Å². The van der Waals surface area contributed by atoms with Gasteiger partial charge < -0.3 is 25.6 Å². The summed E-state index contributed by atoms with van der Waals surface area (Å²) >= 11 is 1.33. The molecule has 0 aliphatic heterocycles. The Labute approximate surface area is 261 Å². The van der Waals surface area contributed by atoms with E-state index in [0.717, 1.165) is 0 Å². The van der Waals surface area contributed by atoms with Crippen molar-refractivity contribution in [3.8, 4) is 11.5 Å². The highest BCUT2D eigenvalue weighted by atomic mass is 32.2. The summed E-state index contributed by atoms with van der Waals surface area (Å²) in [6.07, 6.45) is -1.73. The summed E-state index contributed by atoms with van der Waals surface area (Å²) in [6.45, 7) is 6.11. The lowest BCUT2D eigenvalue weighted by Crippen LogP contribution is -2.45. The number of carbonyl (C=O) groups is 3. The quantitative estimate of drug-likeness (QED) is 0.0745. The monoisotopic (exact) mass is 650 g/mol. The lowest BCUT2D eigenvalue weighted by molar-refractivity contribution is -0.192. The third-order valence-corrected chi connectivity index (χ3v) is 6.20. The number of carboxylic acid groups (broad SMARTS) is 1. The number of ether oxygens (including phenoxy) is 2. The Hall–Kier alpha value is -4.99. The van der Waals surface area contributed by atoms with Crippen molar-refractivity contribution in [3.05, 3.63) is 77.5 Å². The van der Waals surface area contributed by atoms with Crippen LogP contribution in [0.25, 0.3) is 0 Å². The number of nitrogen functional groups attached to an aromatic ring is 1. The Kier molecular flexibility index (Phi) is 13.5. The van der Waals surface area contributed by atoms with Crippen LogP contribution in [-0.2, 0) is 9.59 Å². The van der Waals surface area contributed by atoms with E-state index in [4.69, 9.17) is 30.5 Å². The van der Waals surface area contributed by atoms with Crippen LogP contribution in [0.2, 0.25) is 0 Å². The van der Waals surface area contributed by atoms with Gasteiger partial charge in [-0.05, 0) is 81.1 Å². The van der Waals surface area contributed by atoms with Crippen LogP contribution in [0.1, 0.15) is 48.3 Å². The zero-order chi connectivity index (χ0) is 33.7. The second kappa shape index (κ2) is 16.7. The molecule has 3 rings (SSSR count). The average molecular weight is 651 g/mol. The Bertz CT molecular complexity index is 1490. The fraction of sp³-hybridized carbons (Fsp3) is 0.276. The molecule has 2 aromatic carbocycles.